The lowest BCUT2D eigenvalue weighted by atomic mass is 10.2. The summed E-state index contributed by atoms with van der Waals surface area (Å²) in [6, 6.07) is 0. The second-order valence-electron chi connectivity index (χ2n) is 4.52. The second-order valence-corrected chi connectivity index (χ2v) is 4.52. The Bertz CT molecular complexity index is 327. The van der Waals surface area contributed by atoms with Crippen molar-refractivity contribution in [3.05, 3.63) is 0 Å². The van der Waals surface area contributed by atoms with Crippen molar-refractivity contribution in [3.63, 3.8) is 0 Å². The van der Waals surface area contributed by atoms with Crippen LogP contribution in [0.15, 0.2) is 0 Å². The zero-order valence-corrected chi connectivity index (χ0v) is 10.0. The van der Waals surface area contributed by atoms with E-state index in [1.165, 1.54) is 0 Å². The van der Waals surface area contributed by atoms with Crippen molar-refractivity contribution in [3.8, 4) is 0 Å². The number of nitrogens with one attached hydrogen (secondary N) is 2. The molecule has 0 heterocycles. The molecule has 2 amide bonds. The van der Waals surface area contributed by atoms with E-state index >= 15 is 0 Å². The van der Waals surface area contributed by atoms with Crippen LogP contribution < -0.4 is 10.6 Å². The molecule has 6 nitrogen and oxygen atoms in total. The first-order valence-electron chi connectivity index (χ1n) is 5.71. The van der Waals surface area contributed by atoms with Gasteiger partial charge < -0.3 is 15.7 Å². The van der Waals surface area contributed by atoms with Gasteiger partial charge in [0.2, 0.25) is 11.8 Å². The minimum absolute atomic E-state index is 0.0610. The van der Waals surface area contributed by atoms with Crippen LogP contribution in [-0.4, -0.2) is 36.0 Å². The highest BCUT2D eigenvalue weighted by molar-refractivity contribution is 5.89. The van der Waals surface area contributed by atoms with Crippen molar-refractivity contribution >= 4 is 17.8 Å². The monoisotopic (exact) mass is 242 g/mol. The first kappa shape index (κ1) is 13.5. The standard InChI is InChI=1S/C11H18N2O4/c1-6(2)9(14)12-3-4-13-10(15)7-5-8(7)11(16)17/h6-8H,3-5H2,1-2H3,(H,12,14)(H,13,15)(H,16,17). The van der Waals surface area contributed by atoms with Gasteiger partial charge in [-0.3, -0.25) is 14.4 Å². The van der Waals surface area contributed by atoms with Crippen LogP contribution in [0.25, 0.3) is 0 Å². The number of carbonyl (C=O) groups is 3. The molecule has 1 saturated carbocycles. The lowest BCUT2D eigenvalue weighted by Crippen LogP contribution is -2.37. The number of amides is 2. The largest absolute Gasteiger partial charge is 0.481 e. The van der Waals surface area contributed by atoms with E-state index in [1.54, 1.807) is 13.8 Å². The molecule has 17 heavy (non-hydrogen) atoms. The molecule has 0 aromatic rings. The molecule has 0 saturated heterocycles. The maximum Gasteiger partial charge on any atom is 0.307 e. The molecule has 0 aromatic heterocycles. The average molecular weight is 242 g/mol. The van der Waals surface area contributed by atoms with Crippen molar-refractivity contribution in [1.29, 1.82) is 0 Å². The van der Waals surface area contributed by atoms with Gasteiger partial charge in [-0.1, -0.05) is 13.8 Å². The average Bonchev–Trinajstić information content (AvgIpc) is 3.03. The number of carboxylic acid groups (broad SMARTS) is 1. The Morgan fingerprint density at radius 2 is 1.76 bits per heavy atom. The van der Waals surface area contributed by atoms with Gasteiger partial charge in [-0.25, -0.2) is 0 Å². The zero-order chi connectivity index (χ0) is 13.0. The van der Waals surface area contributed by atoms with E-state index in [4.69, 9.17) is 5.11 Å². The van der Waals surface area contributed by atoms with Gasteiger partial charge in [-0.05, 0) is 6.42 Å². The van der Waals surface area contributed by atoms with E-state index in [9.17, 15) is 14.4 Å². The summed E-state index contributed by atoms with van der Waals surface area (Å²) in [5.41, 5.74) is 0. The highest BCUT2D eigenvalue weighted by Crippen LogP contribution is 2.38. The second kappa shape index (κ2) is 5.65. The van der Waals surface area contributed by atoms with Crippen LogP contribution in [0, 0.1) is 17.8 Å². The first-order valence-corrected chi connectivity index (χ1v) is 5.71. The van der Waals surface area contributed by atoms with Crippen molar-refractivity contribution in [1.82, 2.24) is 10.6 Å². The quantitative estimate of drug-likeness (QED) is 0.552. The predicted molar refractivity (Wildman–Crippen MR) is 60.1 cm³/mol. The number of aliphatic carboxylic acids is 1. The minimum atomic E-state index is -0.918. The summed E-state index contributed by atoms with van der Waals surface area (Å²) >= 11 is 0. The Morgan fingerprint density at radius 1 is 1.18 bits per heavy atom. The number of rotatable bonds is 6. The van der Waals surface area contributed by atoms with Gasteiger partial charge in [-0.2, -0.15) is 0 Å². The third kappa shape index (κ3) is 4.05. The van der Waals surface area contributed by atoms with Crippen LogP contribution in [0.2, 0.25) is 0 Å². The van der Waals surface area contributed by atoms with Crippen LogP contribution in [0.5, 0.6) is 0 Å². The summed E-state index contributed by atoms with van der Waals surface area (Å²) < 4.78 is 0. The predicted octanol–water partition coefficient (Wildman–Crippen LogP) is -0.404. The van der Waals surface area contributed by atoms with Crippen LogP contribution in [0.3, 0.4) is 0 Å². The molecule has 0 aliphatic heterocycles. The summed E-state index contributed by atoms with van der Waals surface area (Å²) in [5, 5.41) is 13.9. The molecule has 3 N–H and O–H groups in total. The van der Waals surface area contributed by atoms with Crippen molar-refractivity contribution < 1.29 is 19.5 Å². The highest BCUT2D eigenvalue weighted by atomic mass is 16.4. The molecule has 1 aliphatic carbocycles. The lowest BCUT2D eigenvalue weighted by molar-refractivity contribution is -0.140. The van der Waals surface area contributed by atoms with Gasteiger partial charge in [-0.15, -0.1) is 0 Å². The molecule has 1 fully saturated rings. The molecule has 1 rings (SSSR count). The molecule has 0 spiro atoms. The zero-order valence-electron chi connectivity index (χ0n) is 10.0. The van der Waals surface area contributed by atoms with E-state index in [1.807, 2.05) is 0 Å². The van der Waals surface area contributed by atoms with Gasteiger partial charge in [0.25, 0.3) is 0 Å². The number of hydrogen-bond acceptors (Lipinski definition) is 3. The molecule has 0 radical (unpaired) electrons. The molecular weight excluding hydrogens is 224 g/mol. The molecule has 6 heteroatoms. The van der Waals surface area contributed by atoms with Crippen LogP contribution in [-0.2, 0) is 14.4 Å². The SMILES string of the molecule is CC(C)C(=O)NCCNC(=O)C1CC1C(=O)O. The number of hydrogen-bond donors (Lipinski definition) is 3. The molecule has 96 valence electrons. The number of carbonyl (C=O) groups excluding carboxylic acids is 2. The lowest BCUT2D eigenvalue weighted by Gasteiger charge is -2.08. The molecule has 2 unspecified atom stereocenters. The Kier molecular flexibility index (Phi) is 4.48. The van der Waals surface area contributed by atoms with Gasteiger partial charge in [0.15, 0.2) is 0 Å². The number of carboxylic acids is 1. The third-order valence-corrected chi connectivity index (χ3v) is 2.69. The third-order valence-electron chi connectivity index (χ3n) is 2.69. The van der Waals surface area contributed by atoms with E-state index in [-0.39, 0.29) is 17.7 Å². The van der Waals surface area contributed by atoms with E-state index < -0.39 is 17.8 Å². The van der Waals surface area contributed by atoms with Crippen LogP contribution in [0.4, 0.5) is 0 Å². The topological polar surface area (TPSA) is 95.5 Å². The molecule has 1 aliphatic rings. The Labute approximate surface area is 99.8 Å². The summed E-state index contributed by atoms with van der Waals surface area (Å²) in [7, 11) is 0. The Balaban J connectivity index is 2.10. The van der Waals surface area contributed by atoms with E-state index in [0.29, 0.717) is 19.5 Å². The van der Waals surface area contributed by atoms with Gasteiger partial charge >= 0.3 is 5.97 Å². The van der Waals surface area contributed by atoms with Crippen LogP contribution >= 0.6 is 0 Å². The van der Waals surface area contributed by atoms with Crippen molar-refractivity contribution in [2.45, 2.75) is 20.3 Å². The van der Waals surface area contributed by atoms with Crippen molar-refractivity contribution in [2.75, 3.05) is 13.1 Å². The summed E-state index contributed by atoms with van der Waals surface area (Å²) in [5.74, 6) is -2.22. The minimum Gasteiger partial charge on any atom is -0.481 e. The Morgan fingerprint density at radius 3 is 2.24 bits per heavy atom. The van der Waals surface area contributed by atoms with Crippen molar-refractivity contribution in [2.24, 2.45) is 17.8 Å². The normalized spacial score (nSPS) is 22.1. The maximum atomic E-state index is 11.4. The fraction of sp³-hybridized carbons (Fsp3) is 0.727. The smallest absolute Gasteiger partial charge is 0.307 e. The van der Waals surface area contributed by atoms with Crippen LogP contribution in [0.1, 0.15) is 20.3 Å². The van der Waals surface area contributed by atoms with E-state index in [0.717, 1.165) is 0 Å². The van der Waals surface area contributed by atoms with Gasteiger partial charge in [0.1, 0.15) is 0 Å². The Hall–Kier alpha value is -1.59. The summed E-state index contributed by atoms with van der Waals surface area (Å²) in [4.78, 5) is 33.1. The van der Waals surface area contributed by atoms with Gasteiger partial charge in [0, 0.05) is 19.0 Å². The highest BCUT2D eigenvalue weighted by Gasteiger charge is 2.48. The van der Waals surface area contributed by atoms with E-state index in [2.05, 4.69) is 10.6 Å². The first-order chi connectivity index (χ1) is 7.93. The molecular formula is C11H18N2O4. The maximum absolute atomic E-state index is 11.4. The fourth-order valence-corrected chi connectivity index (χ4v) is 1.46. The van der Waals surface area contributed by atoms with Gasteiger partial charge in [0.05, 0.1) is 11.8 Å². The molecule has 0 bridgehead atoms. The molecule has 2 atom stereocenters. The fourth-order valence-electron chi connectivity index (χ4n) is 1.46. The molecule has 0 aromatic carbocycles. The summed E-state index contributed by atoms with van der Waals surface area (Å²) in [6.07, 6.45) is 0.416. The summed E-state index contributed by atoms with van der Waals surface area (Å²) in [6.45, 7) is 4.28.